The quantitative estimate of drug-likeness (QED) is 0.506. The summed E-state index contributed by atoms with van der Waals surface area (Å²) in [5, 5.41) is 9.11. The highest BCUT2D eigenvalue weighted by molar-refractivity contribution is 5.74. The first-order valence-corrected chi connectivity index (χ1v) is 9.20. The number of fused-ring (bicyclic) bond motifs is 3. The van der Waals surface area contributed by atoms with Gasteiger partial charge in [-0.05, 0) is 57.7 Å². The van der Waals surface area contributed by atoms with Gasteiger partial charge in [0.05, 0.1) is 0 Å². The summed E-state index contributed by atoms with van der Waals surface area (Å²) in [7, 11) is 0. The highest BCUT2D eigenvalue weighted by Crippen LogP contribution is 2.53. The summed E-state index contributed by atoms with van der Waals surface area (Å²) in [4.78, 5) is 11.8. The number of carbonyl (C=O) groups is 1. The minimum atomic E-state index is -0.631. The van der Waals surface area contributed by atoms with Crippen LogP contribution >= 0.6 is 0 Å². The molecule has 2 unspecified atom stereocenters. The molecule has 1 N–H and O–H groups in total. The molecule has 4 nitrogen and oxygen atoms in total. The van der Waals surface area contributed by atoms with E-state index in [1.54, 1.807) is 0 Å². The zero-order valence-electron chi connectivity index (χ0n) is 15.6. The fourth-order valence-corrected chi connectivity index (χ4v) is 4.23. The highest BCUT2D eigenvalue weighted by Gasteiger charge is 2.45. The average Bonchev–Trinajstić information content (AvgIpc) is 2.53. The van der Waals surface area contributed by atoms with Gasteiger partial charge in [-0.25, -0.2) is 4.79 Å². The number of rotatable bonds is 4. The predicted octanol–water partition coefficient (Wildman–Crippen LogP) is 4.15. The van der Waals surface area contributed by atoms with E-state index < -0.39 is 12.6 Å². The zero-order chi connectivity index (χ0) is 18.2. The molecule has 0 amide bonds. The van der Waals surface area contributed by atoms with Crippen molar-refractivity contribution < 1.29 is 19.4 Å². The van der Waals surface area contributed by atoms with E-state index in [4.69, 9.17) is 14.6 Å². The molecule has 3 rings (SSSR count). The van der Waals surface area contributed by atoms with Crippen LogP contribution in [0, 0.1) is 5.92 Å². The highest BCUT2D eigenvalue weighted by atomic mass is 16.5. The van der Waals surface area contributed by atoms with E-state index in [0.717, 1.165) is 42.6 Å². The molecular weight excluding hydrogens is 316 g/mol. The molecule has 25 heavy (non-hydrogen) atoms. The summed E-state index contributed by atoms with van der Waals surface area (Å²) in [6.45, 7) is 7.94. The van der Waals surface area contributed by atoms with Crippen LogP contribution in [0.2, 0.25) is 0 Å². The molecule has 4 heteroatoms. The molecule has 136 valence electrons. The van der Waals surface area contributed by atoms with Crippen LogP contribution in [0.3, 0.4) is 0 Å². The van der Waals surface area contributed by atoms with E-state index in [9.17, 15) is 4.79 Å². The van der Waals surface area contributed by atoms with Gasteiger partial charge in [-0.3, -0.25) is 0 Å². The van der Waals surface area contributed by atoms with Crippen molar-refractivity contribution >= 4 is 5.97 Å². The number of carbonyl (C=O) groups excluding carboxylic acids is 1. The van der Waals surface area contributed by atoms with E-state index in [1.807, 2.05) is 6.07 Å². The van der Waals surface area contributed by atoms with Crippen molar-refractivity contribution in [2.24, 2.45) is 5.92 Å². The molecule has 1 heterocycles. The van der Waals surface area contributed by atoms with Gasteiger partial charge in [0.25, 0.3) is 0 Å². The second-order valence-corrected chi connectivity index (χ2v) is 7.78. The van der Waals surface area contributed by atoms with Crippen LogP contribution in [-0.4, -0.2) is 23.3 Å². The molecule has 0 radical (unpaired) electrons. The fraction of sp³-hybridized carbons (Fsp3) is 0.571. The Morgan fingerprint density at radius 2 is 2.16 bits per heavy atom. The Balaban J connectivity index is 2.15. The third-order valence-electron chi connectivity index (χ3n) is 5.40. The smallest absolute Gasteiger partial charge is 0.337 e. The van der Waals surface area contributed by atoms with Gasteiger partial charge in [-0.1, -0.05) is 25.0 Å². The van der Waals surface area contributed by atoms with Gasteiger partial charge in [-0.15, -0.1) is 0 Å². The average molecular weight is 344 g/mol. The van der Waals surface area contributed by atoms with Crippen LogP contribution in [0.15, 0.2) is 23.8 Å². The summed E-state index contributed by atoms with van der Waals surface area (Å²) in [6.07, 6.45) is 6.32. The van der Waals surface area contributed by atoms with E-state index in [0.29, 0.717) is 11.7 Å². The molecular formula is C21H28O4. The molecule has 2 aliphatic rings. The third kappa shape index (κ3) is 3.45. The number of aryl methyl sites for hydroxylation is 1. The van der Waals surface area contributed by atoms with Gasteiger partial charge in [0.15, 0.2) is 0 Å². The maximum Gasteiger partial charge on any atom is 0.337 e. The molecule has 1 aromatic carbocycles. The number of aliphatic hydroxyl groups is 1. The van der Waals surface area contributed by atoms with Crippen LogP contribution in [0.25, 0.3) is 0 Å². The maximum absolute atomic E-state index is 11.8. The standard InChI is InChI=1S/C21H28O4/c1-5-6-14-10-17(24-19(23)12-22)20-15-9-13(2)7-8-16(15)21(3,4)25-18(20)11-14/h9-11,15-16,22H,5-8,12H2,1-4H3. The molecule has 1 aliphatic heterocycles. The molecule has 1 aliphatic carbocycles. The summed E-state index contributed by atoms with van der Waals surface area (Å²) >= 11 is 0. The molecule has 0 saturated carbocycles. The molecule has 0 bridgehead atoms. The summed E-state index contributed by atoms with van der Waals surface area (Å²) in [6, 6.07) is 4.03. The molecule has 2 atom stereocenters. The third-order valence-corrected chi connectivity index (χ3v) is 5.40. The first kappa shape index (κ1) is 18.0. The van der Waals surface area contributed by atoms with Crippen molar-refractivity contribution in [3.05, 3.63) is 34.9 Å². The monoisotopic (exact) mass is 344 g/mol. The van der Waals surface area contributed by atoms with Crippen LogP contribution in [0.4, 0.5) is 0 Å². The Kier molecular flexibility index (Phi) is 4.92. The van der Waals surface area contributed by atoms with Crippen LogP contribution < -0.4 is 9.47 Å². The topological polar surface area (TPSA) is 55.8 Å². The van der Waals surface area contributed by atoms with Crippen molar-refractivity contribution in [2.75, 3.05) is 6.61 Å². The van der Waals surface area contributed by atoms with E-state index >= 15 is 0 Å². The van der Waals surface area contributed by atoms with Crippen molar-refractivity contribution in [1.82, 2.24) is 0 Å². The van der Waals surface area contributed by atoms with Gasteiger partial charge in [0.2, 0.25) is 0 Å². The number of hydrogen-bond acceptors (Lipinski definition) is 4. The van der Waals surface area contributed by atoms with Crippen LogP contribution in [0.5, 0.6) is 11.5 Å². The maximum atomic E-state index is 11.8. The number of aliphatic hydroxyl groups excluding tert-OH is 1. The second-order valence-electron chi connectivity index (χ2n) is 7.78. The number of allylic oxidation sites excluding steroid dienone is 2. The summed E-state index contributed by atoms with van der Waals surface area (Å²) in [5.74, 6) is 1.23. The summed E-state index contributed by atoms with van der Waals surface area (Å²) in [5.41, 5.74) is 3.14. The minimum Gasteiger partial charge on any atom is -0.487 e. The van der Waals surface area contributed by atoms with E-state index in [1.165, 1.54) is 5.57 Å². The lowest BCUT2D eigenvalue weighted by atomic mass is 9.68. The largest absolute Gasteiger partial charge is 0.487 e. The molecule has 0 saturated heterocycles. The van der Waals surface area contributed by atoms with Crippen LogP contribution in [-0.2, 0) is 11.2 Å². The Morgan fingerprint density at radius 3 is 2.84 bits per heavy atom. The van der Waals surface area contributed by atoms with Crippen molar-refractivity contribution in [2.45, 2.75) is 64.9 Å². The van der Waals surface area contributed by atoms with Gasteiger partial charge >= 0.3 is 5.97 Å². The number of benzene rings is 1. The van der Waals surface area contributed by atoms with Crippen LogP contribution in [0.1, 0.15) is 64.0 Å². The number of ether oxygens (including phenoxy) is 2. The SMILES string of the molecule is CCCc1cc(OC(=O)CO)c2c(c1)OC(C)(C)C1CCC(C)=CC21. The number of hydrogen-bond donors (Lipinski definition) is 1. The van der Waals surface area contributed by atoms with Crippen molar-refractivity contribution in [3.8, 4) is 11.5 Å². The first-order chi connectivity index (χ1) is 11.9. The van der Waals surface area contributed by atoms with Crippen molar-refractivity contribution in [3.63, 3.8) is 0 Å². The van der Waals surface area contributed by atoms with Gasteiger partial charge < -0.3 is 14.6 Å². The number of esters is 1. The van der Waals surface area contributed by atoms with Crippen molar-refractivity contribution in [1.29, 1.82) is 0 Å². The van der Waals surface area contributed by atoms with E-state index in [2.05, 4.69) is 39.8 Å². The lowest BCUT2D eigenvalue weighted by Gasteiger charge is -2.46. The molecule has 1 aromatic rings. The lowest BCUT2D eigenvalue weighted by molar-refractivity contribution is -0.137. The zero-order valence-corrected chi connectivity index (χ0v) is 15.6. The Hall–Kier alpha value is -1.81. The predicted molar refractivity (Wildman–Crippen MR) is 97.1 cm³/mol. The molecule has 0 spiro atoms. The first-order valence-electron chi connectivity index (χ1n) is 9.20. The lowest BCUT2D eigenvalue weighted by Crippen LogP contribution is -2.45. The van der Waals surface area contributed by atoms with E-state index in [-0.39, 0.29) is 11.5 Å². The molecule has 0 aromatic heterocycles. The van der Waals surface area contributed by atoms with Gasteiger partial charge in [0, 0.05) is 17.4 Å². The fourth-order valence-electron chi connectivity index (χ4n) is 4.23. The Bertz CT molecular complexity index is 702. The minimum absolute atomic E-state index is 0.171. The van der Waals surface area contributed by atoms with Gasteiger partial charge in [-0.2, -0.15) is 0 Å². The second kappa shape index (κ2) is 6.83. The summed E-state index contributed by atoms with van der Waals surface area (Å²) < 4.78 is 11.9. The molecule has 0 fully saturated rings. The van der Waals surface area contributed by atoms with Gasteiger partial charge in [0.1, 0.15) is 23.7 Å². The Morgan fingerprint density at radius 1 is 1.40 bits per heavy atom. The Labute approximate surface area is 149 Å². The normalized spacial score (nSPS) is 23.8.